The lowest BCUT2D eigenvalue weighted by molar-refractivity contribution is -0.115. The first kappa shape index (κ1) is 16.9. The number of halogens is 1. The lowest BCUT2D eigenvalue weighted by Gasteiger charge is -2.12. The normalized spacial score (nSPS) is 12.1. The van der Waals surface area contributed by atoms with Gasteiger partial charge in [-0.2, -0.15) is 0 Å². The number of hydrogen-bond acceptors (Lipinski definition) is 6. The topological polar surface area (TPSA) is 72.7 Å². The number of aromatic nitrogens is 4. The van der Waals surface area contributed by atoms with Gasteiger partial charge in [-0.15, -0.1) is 21.5 Å². The fraction of sp³-hybridized carbons (Fsp3) is 0.200. The van der Waals surface area contributed by atoms with Gasteiger partial charge in [0.1, 0.15) is 0 Å². The zero-order chi connectivity index (χ0) is 17.1. The molecule has 3 aromatic heterocycles. The van der Waals surface area contributed by atoms with Crippen molar-refractivity contribution in [1.29, 1.82) is 0 Å². The highest BCUT2D eigenvalue weighted by Gasteiger charge is 2.20. The van der Waals surface area contributed by atoms with Gasteiger partial charge in [-0.1, -0.05) is 29.4 Å². The van der Waals surface area contributed by atoms with Crippen LogP contribution in [-0.4, -0.2) is 30.9 Å². The van der Waals surface area contributed by atoms with Gasteiger partial charge in [-0.3, -0.25) is 4.79 Å². The minimum absolute atomic E-state index is 0.171. The molecule has 0 radical (unpaired) electrons. The van der Waals surface area contributed by atoms with Crippen molar-refractivity contribution in [2.45, 2.75) is 17.3 Å². The van der Waals surface area contributed by atoms with Crippen LogP contribution in [-0.2, 0) is 11.8 Å². The number of amides is 1. The number of nitrogens with zero attached hydrogens (tertiary/aromatic N) is 4. The van der Waals surface area contributed by atoms with Crippen molar-refractivity contribution in [3.8, 4) is 10.7 Å². The van der Waals surface area contributed by atoms with Crippen LogP contribution < -0.4 is 5.32 Å². The van der Waals surface area contributed by atoms with E-state index in [2.05, 4.69) is 20.5 Å². The molecule has 9 heteroatoms. The quantitative estimate of drug-likeness (QED) is 0.540. The number of pyridine rings is 1. The van der Waals surface area contributed by atoms with Gasteiger partial charge in [-0.05, 0) is 30.5 Å². The molecule has 0 saturated carbocycles. The Balaban J connectivity index is 1.70. The van der Waals surface area contributed by atoms with Crippen LogP contribution in [0, 0.1) is 0 Å². The van der Waals surface area contributed by atoms with Gasteiger partial charge < -0.3 is 9.88 Å². The molecular formula is C15H14ClN5OS2. The summed E-state index contributed by atoms with van der Waals surface area (Å²) in [7, 11) is 1.89. The minimum atomic E-state index is -0.361. The summed E-state index contributed by atoms with van der Waals surface area (Å²) < 4.78 is 1.89. The lowest BCUT2D eigenvalue weighted by Crippen LogP contribution is -2.23. The van der Waals surface area contributed by atoms with E-state index >= 15 is 0 Å². The maximum Gasteiger partial charge on any atom is 0.237 e. The van der Waals surface area contributed by atoms with Gasteiger partial charge in [0.25, 0.3) is 0 Å². The van der Waals surface area contributed by atoms with Crippen LogP contribution in [0.5, 0.6) is 0 Å². The number of carbonyl (C=O) groups excluding carboxylic acids is 1. The van der Waals surface area contributed by atoms with E-state index in [0.29, 0.717) is 10.8 Å². The third-order valence-electron chi connectivity index (χ3n) is 3.24. The van der Waals surface area contributed by atoms with Crippen molar-refractivity contribution < 1.29 is 4.79 Å². The molecular weight excluding hydrogens is 366 g/mol. The highest BCUT2D eigenvalue weighted by Crippen LogP contribution is 2.28. The second-order valence-electron chi connectivity index (χ2n) is 4.93. The largest absolute Gasteiger partial charge is 0.322 e. The van der Waals surface area contributed by atoms with E-state index in [1.165, 1.54) is 11.8 Å². The van der Waals surface area contributed by atoms with Crippen molar-refractivity contribution in [3.63, 3.8) is 0 Å². The van der Waals surface area contributed by atoms with Gasteiger partial charge in [0.05, 0.1) is 15.8 Å². The molecule has 0 aliphatic heterocycles. The number of thiophene rings is 1. The maximum absolute atomic E-state index is 12.3. The lowest BCUT2D eigenvalue weighted by atomic mass is 10.4. The minimum Gasteiger partial charge on any atom is -0.322 e. The smallest absolute Gasteiger partial charge is 0.237 e. The summed E-state index contributed by atoms with van der Waals surface area (Å²) in [6.07, 6.45) is 1.57. The number of thioether (sulfide) groups is 1. The summed E-state index contributed by atoms with van der Waals surface area (Å²) in [5, 5.41) is 13.7. The fourth-order valence-corrected chi connectivity index (χ4v) is 3.69. The summed E-state index contributed by atoms with van der Waals surface area (Å²) in [6.45, 7) is 1.81. The van der Waals surface area contributed by atoms with E-state index in [1.54, 1.807) is 29.7 Å². The molecule has 3 aromatic rings. The van der Waals surface area contributed by atoms with Crippen LogP contribution in [0.3, 0.4) is 0 Å². The first-order valence-corrected chi connectivity index (χ1v) is 9.21. The average Bonchev–Trinajstić information content (AvgIpc) is 3.20. The number of anilines is 1. The van der Waals surface area contributed by atoms with Crippen molar-refractivity contribution in [3.05, 3.63) is 41.0 Å². The maximum atomic E-state index is 12.3. The summed E-state index contributed by atoms with van der Waals surface area (Å²) in [6, 6.07) is 7.38. The zero-order valence-corrected chi connectivity index (χ0v) is 15.3. The predicted octanol–water partition coefficient (Wildman–Crippen LogP) is 3.71. The van der Waals surface area contributed by atoms with Gasteiger partial charge >= 0.3 is 0 Å². The molecule has 0 saturated heterocycles. The first-order chi connectivity index (χ1) is 11.6. The Morgan fingerprint density at radius 3 is 2.92 bits per heavy atom. The predicted molar refractivity (Wildman–Crippen MR) is 97.5 cm³/mol. The number of carbonyl (C=O) groups is 1. The molecule has 1 amide bonds. The Morgan fingerprint density at radius 1 is 1.38 bits per heavy atom. The van der Waals surface area contributed by atoms with Crippen molar-refractivity contribution in [2.24, 2.45) is 7.05 Å². The molecule has 24 heavy (non-hydrogen) atoms. The van der Waals surface area contributed by atoms with Crippen LogP contribution in [0.4, 0.5) is 5.69 Å². The number of hydrogen-bond donors (Lipinski definition) is 1. The molecule has 1 unspecified atom stereocenters. The van der Waals surface area contributed by atoms with Crippen LogP contribution in [0.25, 0.3) is 10.7 Å². The molecule has 1 atom stereocenters. The SMILES string of the molecule is CC(Sc1nnc(-c2cccs2)n1C)C(=O)Nc1cccnc1Cl. The van der Waals surface area contributed by atoms with Crippen molar-refractivity contribution >= 4 is 46.3 Å². The van der Waals surface area contributed by atoms with Gasteiger partial charge in [-0.25, -0.2) is 4.98 Å². The van der Waals surface area contributed by atoms with E-state index in [9.17, 15) is 4.79 Å². The third-order valence-corrected chi connectivity index (χ3v) is 5.55. The van der Waals surface area contributed by atoms with Gasteiger partial charge in [0.2, 0.25) is 5.91 Å². The summed E-state index contributed by atoms with van der Waals surface area (Å²) >= 11 is 8.90. The molecule has 124 valence electrons. The second-order valence-corrected chi connectivity index (χ2v) is 7.55. The van der Waals surface area contributed by atoms with Crippen LogP contribution in [0.2, 0.25) is 5.15 Å². The summed E-state index contributed by atoms with van der Waals surface area (Å²) in [5.74, 6) is 0.617. The zero-order valence-electron chi connectivity index (χ0n) is 12.9. The Morgan fingerprint density at radius 2 is 2.21 bits per heavy atom. The third kappa shape index (κ3) is 3.61. The monoisotopic (exact) mass is 379 g/mol. The molecule has 3 rings (SSSR count). The van der Waals surface area contributed by atoms with E-state index in [1.807, 2.05) is 36.1 Å². The Bertz CT molecular complexity index is 849. The van der Waals surface area contributed by atoms with E-state index in [0.717, 1.165) is 10.7 Å². The van der Waals surface area contributed by atoms with Crippen LogP contribution >= 0.6 is 34.7 Å². The second kappa shape index (κ2) is 7.33. The molecule has 0 aliphatic carbocycles. The van der Waals surface area contributed by atoms with E-state index < -0.39 is 0 Å². The molecule has 3 heterocycles. The standard InChI is InChI=1S/C15H14ClN5OS2/c1-9(14(22)18-10-5-3-7-17-12(10)16)24-15-20-19-13(21(15)2)11-6-4-8-23-11/h3-9H,1-2H3,(H,18,22). The van der Waals surface area contributed by atoms with E-state index in [-0.39, 0.29) is 16.3 Å². The molecule has 0 spiro atoms. The molecule has 0 bridgehead atoms. The molecule has 0 aromatic carbocycles. The molecule has 0 aliphatic rings. The Labute approximate surface area is 152 Å². The number of nitrogens with one attached hydrogen (secondary N) is 1. The fourth-order valence-electron chi connectivity index (χ4n) is 1.96. The highest BCUT2D eigenvalue weighted by atomic mass is 35.5. The van der Waals surface area contributed by atoms with Crippen LogP contribution in [0.15, 0.2) is 41.0 Å². The van der Waals surface area contributed by atoms with Crippen molar-refractivity contribution in [2.75, 3.05) is 5.32 Å². The molecule has 0 fully saturated rings. The van der Waals surface area contributed by atoms with Crippen LogP contribution in [0.1, 0.15) is 6.92 Å². The molecule has 6 nitrogen and oxygen atoms in total. The Hall–Kier alpha value is -1.90. The first-order valence-electron chi connectivity index (χ1n) is 7.07. The van der Waals surface area contributed by atoms with Gasteiger partial charge in [0.15, 0.2) is 16.1 Å². The number of rotatable bonds is 5. The summed E-state index contributed by atoms with van der Waals surface area (Å²) in [4.78, 5) is 17.3. The molecule has 1 N–H and O–H groups in total. The summed E-state index contributed by atoms with van der Waals surface area (Å²) in [5.41, 5.74) is 0.494. The van der Waals surface area contributed by atoms with E-state index in [4.69, 9.17) is 11.6 Å². The van der Waals surface area contributed by atoms with Gasteiger partial charge in [0, 0.05) is 13.2 Å². The highest BCUT2D eigenvalue weighted by molar-refractivity contribution is 8.00. The average molecular weight is 380 g/mol. The Kier molecular flexibility index (Phi) is 5.17. The van der Waals surface area contributed by atoms with Crippen molar-refractivity contribution in [1.82, 2.24) is 19.7 Å².